The molecule has 0 N–H and O–H groups in total. The van der Waals surface area contributed by atoms with Crippen LogP contribution in [0.15, 0.2) is 15.6 Å². The van der Waals surface area contributed by atoms with Crippen LogP contribution in [0.1, 0.15) is 28.8 Å². The first-order valence-corrected chi connectivity index (χ1v) is 11.2. The van der Waals surface area contributed by atoms with E-state index < -0.39 is 32.3 Å². The molecule has 1 amide bonds. The molecule has 2 aromatic rings. The van der Waals surface area contributed by atoms with Crippen molar-refractivity contribution in [2.45, 2.75) is 31.5 Å². The van der Waals surface area contributed by atoms with Gasteiger partial charge in [-0.1, -0.05) is 0 Å². The fraction of sp³-hybridized carbons (Fsp3) is 0.562. The SMILES string of the molecule is CCn1cc(S(=O)(=O)N2CCN(C(=O)c3nn(C)c(C(F)(F)F)c3Br)CC2)c(C)n1. The maximum Gasteiger partial charge on any atom is 0.434 e. The van der Waals surface area contributed by atoms with Crippen molar-refractivity contribution in [2.75, 3.05) is 26.2 Å². The van der Waals surface area contributed by atoms with Gasteiger partial charge in [0, 0.05) is 46.0 Å². The predicted molar refractivity (Wildman–Crippen MR) is 103 cm³/mol. The first-order chi connectivity index (χ1) is 13.9. The Morgan fingerprint density at radius 3 is 2.27 bits per heavy atom. The lowest BCUT2D eigenvalue weighted by atomic mass is 10.3. The van der Waals surface area contributed by atoms with Crippen LogP contribution in [0.4, 0.5) is 13.2 Å². The smallest absolute Gasteiger partial charge is 0.335 e. The summed E-state index contributed by atoms with van der Waals surface area (Å²) >= 11 is 2.83. The number of halogens is 4. The number of sulfonamides is 1. The zero-order chi connectivity index (χ0) is 22.4. The summed E-state index contributed by atoms with van der Waals surface area (Å²) in [5.41, 5.74) is -1.04. The fourth-order valence-corrected chi connectivity index (χ4v) is 5.60. The first-order valence-electron chi connectivity index (χ1n) is 9.01. The Hall–Kier alpha value is -1.93. The number of rotatable bonds is 4. The van der Waals surface area contributed by atoms with Crippen molar-refractivity contribution in [3.8, 4) is 0 Å². The Morgan fingerprint density at radius 2 is 1.80 bits per heavy atom. The topological polar surface area (TPSA) is 93.3 Å². The Balaban J connectivity index is 1.76. The van der Waals surface area contributed by atoms with Gasteiger partial charge >= 0.3 is 6.18 Å². The number of amides is 1. The van der Waals surface area contributed by atoms with Gasteiger partial charge in [0.05, 0.1) is 10.2 Å². The second kappa shape index (κ2) is 7.96. The molecule has 9 nitrogen and oxygen atoms in total. The maximum absolute atomic E-state index is 13.1. The van der Waals surface area contributed by atoms with Gasteiger partial charge in [0.2, 0.25) is 10.0 Å². The highest BCUT2D eigenvalue weighted by Crippen LogP contribution is 2.36. The zero-order valence-electron chi connectivity index (χ0n) is 16.4. The van der Waals surface area contributed by atoms with E-state index in [4.69, 9.17) is 0 Å². The molecular formula is C16H20BrF3N6O3S. The fourth-order valence-electron chi connectivity index (χ4n) is 3.28. The summed E-state index contributed by atoms with van der Waals surface area (Å²) in [6.07, 6.45) is -3.21. The van der Waals surface area contributed by atoms with Gasteiger partial charge in [-0.2, -0.15) is 27.7 Å². The normalized spacial score (nSPS) is 16.3. The number of piperazine rings is 1. The molecule has 0 aliphatic carbocycles. The summed E-state index contributed by atoms with van der Waals surface area (Å²) < 4.78 is 68.2. The number of nitrogens with zero attached hydrogens (tertiary/aromatic N) is 6. The van der Waals surface area contributed by atoms with Crippen LogP contribution in [-0.4, -0.2) is 69.3 Å². The molecule has 0 spiro atoms. The minimum atomic E-state index is -4.67. The van der Waals surface area contributed by atoms with E-state index in [1.54, 1.807) is 6.92 Å². The Morgan fingerprint density at radius 1 is 1.20 bits per heavy atom. The zero-order valence-corrected chi connectivity index (χ0v) is 18.8. The molecule has 1 aliphatic rings. The lowest BCUT2D eigenvalue weighted by Crippen LogP contribution is -2.50. The van der Waals surface area contributed by atoms with Gasteiger partial charge in [0.15, 0.2) is 11.4 Å². The van der Waals surface area contributed by atoms with Crippen molar-refractivity contribution in [3.63, 3.8) is 0 Å². The van der Waals surface area contributed by atoms with E-state index in [-0.39, 0.29) is 36.8 Å². The van der Waals surface area contributed by atoms with Crippen molar-refractivity contribution in [2.24, 2.45) is 7.05 Å². The van der Waals surface area contributed by atoms with Gasteiger partial charge in [0.1, 0.15) is 4.90 Å². The van der Waals surface area contributed by atoms with E-state index in [2.05, 4.69) is 26.1 Å². The molecule has 0 radical (unpaired) electrons. The molecule has 3 rings (SSSR count). The summed E-state index contributed by atoms with van der Waals surface area (Å²) in [7, 11) is -2.69. The monoisotopic (exact) mass is 512 g/mol. The van der Waals surface area contributed by atoms with Crippen molar-refractivity contribution in [1.29, 1.82) is 0 Å². The summed E-state index contributed by atoms with van der Waals surface area (Å²) in [5.74, 6) is -0.694. The Bertz CT molecular complexity index is 1070. The molecule has 1 saturated heterocycles. The van der Waals surface area contributed by atoms with Crippen LogP contribution < -0.4 is 0 Å². The van der Waals surface area contributed by atoms with E-state index in [0.717, 1.165) is 7.05 Å². The number of carbonyl (C=O) groups is 1. The minimum absolute atomic E-state index is 0.0153. The molecule has 3 heterocycles. The number of aryl methyl sites for hydroxylation is 3. The van der Waals surface area contributed by atoms with E-state index in [0.29, 0.717) is 16.9 Å². The van der Waals surface area contributed by atoms with Gasteiger partial charge in [-0.25, -0.2) is 8.42 Å². The van der Waals surface area contributed by atoms with Gasteiger partial charge in [-0.05, 0) is 29.8 Å². The van der Waals surface area contributed by atoms with Gasteiger partial charge in [0.25, 0.3) is 5.91 Å². The molecule has 14 heteroatoms. The van der Waals surface area contributed by atoms with Crippen LogP contribution in [0.5, 0.6) is 0 Å². The molecule has 1 aliphatic heterocycles. The van der Waals surface area contributed by atoms with Gasteiger partial charge in [-0.3, -0.25) is 14.2 Å². The second-order valence-electron chi connectivity index (χ2n) is 6.76. The molecule has 1 fully saturated rings. The lowest BCUT2D eigenvalue weighted by Gasteiger charge is -2.33. The molecule has 2 aromatic heterocycles. The molecular weight excluding hydrogens is 493 g/mol. The third-order valence-corrected chi connectivity index (χ3v) is 7.58. The number of aromatic nitrogens is 4. The van der Waals surface area contributed by atoms with Crippen LogP contribution in [-0.2, 0) is 29.8 Å². The summed E-state index contributed by atoms with van der Waals surface area (Å²) in [6.45, 7) is 4.07. The minimum Gasteiger partial charge on any atom is -0.335 e. The quantitative estimate of drug-likeness (QED) is 0.623. The Labute approximate surface area is 179 Å². The average Bonchev–Trinajstić information content (AvgIpc) is 3.20. The van der Waals surface area contributed by atoms with Gasteiger partial charge in [-0.15, -0.1) is 0 Å². The van der Waals surface area contributed by atoms with Crippen LogP contribution in [0.25, 0.3) is 0 Å². The number of hydrogen-bond donors (Lipinski definition) is 0. The molecule has 166 valence electrons. The highest BCUT2D eigenvalue weighted by atomic mass is 79.9. The van der Waals surface area contributed by atoms with Crippen molar-refractivity contribution >= 4 is 31.9 Å². The number of carbonyl (C=O) groups excluding carboxylic acids is 1. The molecule has 0 aromatic carbocycles. The van der Waals surface area contributed by atoms with E-state index in [9.17, 15) is 26.4 Å². The number of alkyl halides is 3. The summed E-state index contributed by atoms with van der Waals surface area (Å²) in [6, 6.07) is 0. The summed E-state index contributed by atoms with van der Waals surface area (Å²) in [5, 5.41) is 7.86. The number of hydrogen-bond acceptors (Lipinski definition) is 5. The average molecular weight is 513 g/mol. The second-order valence-corrected chi connectivity index (χ2v) is 9.46. The van der Waals surface area contributed by atoms with Crippen molar-refractivity contribution in [3.05, 3.63) is 27.8 Å². The van der Waals surface area contributed by atoms with Crippen LogP contribution >= 0.6 is 15.9 Å². The third-order valence-electron chi connectivity index (χ3n) is 4.83. The molecule has 0 bridgehead atoms. The molecule has 0 unspecified atom stereocenters. The van der Waals surface area contributed by atoms with Crippen molar-refractivity contribution < 1.29 is 26.4 Å². The largest absolute Gasteiger partial charge is 0.434 e. The Kier molecular flexibility index (Phi) is 6.04. The van der Waals surface area contributed by atoms with Crippen molar-refractivity contribution in [1.82, 2.24) is 28.8 Å². The third kappa shape index (κ3) is 3.99. The van der Waals surface area contributed by atoms with Crippen LogP contribution in [0, 0.1) is 6.92 Å². The summed E-state index contributed by atoms with van der Waals surface area (Å²) in [4.78, 5) is 14.1. The van der Waals surface area contributed by atoms with E-state index in [1.807, 2.05) is 6.92 Å². The predicted octanol–water partition coefficient (Wildman–Crippen LogP) is 1.87. The highest BCUT2D eigenvalue weighted by molar-refractivity contribution is 9.10. The van der Waals surface area contributed by atoms with Crippen LogP contribution in [0.2, 0.25) is 0 Å². The van der Waals surface area contributed by atoms with E-state index >= 15 is 0 Å². The van der Waals surface area contributed by atoms with E-state index in [1.165, 1.54) is 20.1 Å². The molecule has 0 atom stereocenters. The lowest BCUT2D eigenvalue weighted by molar-refractivity contribution is -0.144. The highest BCUT2D eigenvalue weighted by Gasteiger charge is 2.41. The van der Waals surface area contributed by atoms with Crippen LogP contribution in [0.3, 0.4) is 0 Å². The molecule has 0 saturated carbocycles. The molecule has 30 heavy (non-hydrogen) atoms. The first kappa shape index (κ1) is 22.7. The maximum atomic E-state index is 13.1. The standard InChI is InChI=1S/C16H20BrF3N6O3S/c1-4-25-9-11(10(2)21-25)30(28,29)26-7-5-24(6-8-26)15(27)13-12(17)14(16(18,19)20)23(3)22-13/h9H,4-8H2,1-3H3. The van der Waals surface area contributed by atoms with Gasteiger partial charge < -0.3 is 4.90 Å².